The highest BCUT2D eigenvalue weighted by molar-refractivity contribution is 5.85. The topological polar surface area (TPSA) is 69.6 Å². The van der Waals surface area contributed by atoms with Crippen molar-refractivity contribution >= 4 is 11.8 Å². The van der Waals surface area contributed by atoms with Crippen LogP contribution in [0, 0.1) is 17.8 Å². The van der Waals surface area contributed by atoms with Gasteiger partial charge in [0.2, 0.25) is 11.8 Å². The molecular weight excluding hydrogens is 316 g/mol. The van der Waals surface area contributed by atoms with Crippen LogP contribution in [0.3, 0.4) is 0 Å². The van der Waals surface area contributed by atoms with Gasteiger partial charge in [0.05, 0.1) is 5.92 Å². The fourth-order valence-electron chi connectivity index (χ4n) is 3.93. The zero-order valence-corrected chi connectivity index (χ0v) is 14.5. The van der Waals surface area contributed by atoms with Crippen LogP contribution in [0.25, 0.3) is 0 Å². The second-order valence-electron chi connectivity index (χ2n) is 7.86. The van der Waals surface area contributed by atoms with Gasteiger partial charge in [-0.15, -0.1) is 0 Å². The average molecular weight is 342 g/mol. The lowest BCUT2D eigenvalue weighted by atomic mass is 9.96. The van der Waals surface area contributed by atoms with E-state index in [4.69, 9.17) is 0 Å². The summed E-state index contributed by atoms with van der Waals surface area (Å²) in [7, 11) is 0. The third-order valence-electron chi connectivity index (χ3n) is 5.77. The van der Waals surface area contributed by atoms with Crippen molar-refractivity contribution in [1.29, 1.82) is 0 Å². The first-order valence-electron chi connectivity index (χ1n) is 9.47. The Bertz CT molecular complexity index is 671. The summed E-state index contributed by atoms with van der Waals surface area (Å²) in [6.45, 7) is 2.11. The summed E-state index contributed by atoms with van der Waals surface area (Å²) < 4.78 is 0. The van der Waals surface area contributed by atoms with Crippen molar-refractivity contribution in [2.24, 2.45) is 17.8 Å². The number of rotatable bonds is 5. The fourth-order valence-corrected chi connectivity index (χ4v) is 3.93. The first kappa shape index (κ1) is 16.4. The standard InChI is InChI=1S/C20H26N2O3/c23-16-5-1-3-14(9-16)17-10-18(17)20(25)22-8-2-4-15(12-22)19(24)21-11-13-6-7-13/h1,3,5,9,13,15,17-18,23H,2,4,6-8,10-12H2,(H,21,24)/t15-,17-,18-/m1/s1. The third kappa shape index (κ3) is 3.80. The van der Waals surface area contributed by atoms with Gasteiger partial charge >= 0.3 is 0 Å². The van der Waals surface area contributed by atoms with Crippen LogP contribution in [-0.4, -0.2) is 41.5 Å². The smallest absolute Gasteiger partial charge is 0.226 e. The van der Waals surface area contributed by atoms with Crippen molar-refractivity contribution in [3.05, 3.63) is 29.8 Å². The van der Waals surface area contributed by atoms with Gasteiger partial charge in [-0.05, 0) is 61.6 Å². The summed E-state index contributed by atoms with van der Waals surface area (Å²) in [4.78, 5) is 27.0. The number of nitrogens with one attached hydrogen (secondary N) is 1. The van der Waals surface area contributed by atoms with Crippen LogP contribution in [0.5, 0.6) is 5.75 Å². The zero-order chi connectivity index (χ0) is 17.4. The Morgan fingerprint density at radius 3 is 2.84 bits per heavy atom. The van der Waals surface area contributed by atoms with Gasteiger partial charge in [-0.2, -0.15) is 0 Å². The predicted molar refractivity (Wildman–Crippen MR) is 94.0 cm³/mol. The Kier molecular flexibility index (Phi) is 4.40. The van der Waals surface area contributed by atoms with E-state index < -0.39 is 0 Å². The maximum absolute atomic E-state index is 12.8. The Labute approximate surface area is 148 Å². The molecule has 5 heteroatoms. The molecule has 0 radical (unpaired) electrons. The molecule has 0 spiro atoms. The molecule has 3 atom stereocenters. The molecule has 4 rings (SSSR count). The predicted octanol–water partition coefficient (Wildman–Crippen LogP) is 2.26. The van der Waals surface area contributed by atoms with Gasteiger partial charge in [0, 0.05) is 25.6 Å². The molecule has 0 aromatic heterocycles. The number of hydrogen-bond donors (Lipinski definition) is 2. The summed E-state index contributed by atoms with van der Waals surface area (Å²) in [6, 6.07) is 7.20. The molecule has 1 saturated heterocycles. The number of likely N-dealkylation sites (tertiary alicyclic amines) is 1. The van der Waals surface area contributed by atoms with Crippen molar-refractivity contribution in [2.45, 2.75) is 38.0 Å². The average Bonchev–Trinajstić information content (AvgIpc) is 3.53. The van der Waals surface area contributed by atoms with Crippen LogP contribution < -0.4 is 5.32 Å². The molecular formula is C20H26N2O3. The molecule has 0 unspecified atom stereocenters. The monoisotopic (exact) mass is 342 g/mol. The van der Waals surface area contributed by atoms with Gasteiger partial charge in [-0.3, -0.25) is 9.59 Å². The highest BCUT2D eigenvalue weighted by Crippen LogP contribution is 2.49. The van der Waals surface area contributed by atoms with Crippen LogP contribution in [-0.2, 0) is 9.59 Å². The van der Waals surface area contributed by atoms with E-state index >= 15 is 0 Å². The van der Waals surface area contributed by atoms with E-state index in [0.29, 0.717) is 12.5 Å². The molecule has 1 aromatic rings. The number of aromatic hydroxyl groups is 1. The molecule has 25 heavy (non-hydrogen) atoms. The van der Waals surface area contributed by atoms with Crippen LogP contribution in [0.4, 0.5) is 0 Å². The largest absolute Gasteiger partial charge is 0.508 e. The molecule has 1 aliphatic heterocycles. The molecule has 2 amide bonds. The summed E-state index contributed by atoms with van der Waals surface area (Å²) in [5, 5.41) is 12.7. The molecule has 3 fully saturated rings. The van der Waals surface area contributed by atoms with Crippen molar-refractivity contribution in [2.75, 3.05) is 19.6 Å². The normalized spacial score (nSPS) is 28.5. The molecule has 2 aliphatic carbocycles. The quantitative estimate of drug-likeness (QED) is 0.862. The zero-order valence-electron chi connectivity index (χ0n) is 14.5. The molecule has 134 valence electrons. The minimum atomic E-state index is -0.0607. The maximum atomic E-state index is 12.8. The van der Waals surface area contributed by atoms with Crippen LogP contribution >= 0.6 is 0 Å². The van der Waals surface area contributed by atoms with E-state index in [1.54, 1.807) is 12.1 Å². The molecule has 5 nitrogen and oxygen atoms in total. The van der Waals surface area contributed by atoms with Gasteiger partial charge in [-0.1, -0.05) is 12.1 Å². The molecule has 2 saturated carbocycles. The minimum Gasteiger partial charge on any atom is -0.508 e. The number of carbonyl (C=O) groups is 2. The van der Waals surface area contributed by atoms with Gasteiger partial charge in [0.25, 0.3) is 0 Å². The Morgan fingerprint density at radius 1 is 1.24 bits per heavy atom. The van der Waals surface area contributed by atoms with Gasteiger partial charge < -0.3 is 15.3 Å². The van der Waals surface area contributed by atoms with E-state index in [1.165, 1.54) is 12.8 Å². The van der Waals surface area contributed by atoms with E-state index in [-0.39, 0.29) is 35.3 Å². The van der Waals surface area contributed by atoms with Crippen molar-refractivity contribution in [3.8, 4) is 5.75 Å². The Morgan fingerprint density at radius 2 is 2.08 bits per heavy atom. The number of phenolic OH excluding ortho intramolecular Hbond substituents is 1. The number of phenols is 1. The van der Waals surface area contributed by atoms with Gasteiger partial charge in [0.15, 0.2) is 0 Å². The fraction of sp³-hybridized carbons (Fsp3) is 0.600. The number of amides is 2. The van der Waals surface area contributed by atoms with E-state index in [2.05, 4.69) is 5.32 Å². The third-order valence-corrected chi connectivity index (χ3v) is 5.77. The van der Waals surface area contributed by atoms with Crippen molar-refractivity contribution in [1.82, 2.24) is 10.2 Å². The second kappa shape index (κ2) is 6.70. The van der Waals surface area contributed by atoms with Crippen LogP contribution in [0.1, 0.15) is 43.6 Å². The number of nitrogens with zero attached hydrogens (tertiary/aromatic N) is 1. The first-order chi connectivity index (χ1) is 12.1. The summed E-state index contributed by atoms with van der Waals surface area (Å²) in [5.74, 6) is 1.38. The summed E-state index contributed by atoms with van der Waals surface area (Å²) in [5.41, 5.74) is 1.04. The second-order valence-corrected chi connectivity index (χ2v) is 7.86. The number of carbonyl (C=O) groups excluding carboxylic acids is 2. The molecule has 1 heterocycles. The molecule has 1 aromatic carbocycles. The number of hydrogen-bond acceptors (Lipinski definition) is 3. The van der Waals surface area contributed by atoms with E-state index in [0.717, 1.165) is 37.9 Å². The summed E-state index contributed by atoms with van der Waals surface area (Å²) >= 11 is 0. The molecule has 3 aliphatic rings. The Balaban J connectivity index is 1.32. The van der Waals surface area contributed by atoms with Crippen LogP contribution in [0.15, 0.2) is 24.3 Å². The van der Waals surface area contributed by atoms with Crippen molar-refractivity contribution < 1.29 is 14.7 Å². The van der Waals surface area contributed by atoms with Gasteiger partial charge in [-0.25, -0.2) is 0 Å². The summed E-state index contributed by atoms with van der Waals surface area (Å²) in [6.07, 6.45) is 5.08. The Hall–Kier alpha value is -2.04. The molecule has 2 N–H and O–H groups in total. The SMILES string of the molecule is O=C(NCC1CC1)[C@@H]1CCCN(C(=O)[C@@H]2C[C@@H]2c2cccc(O)c2)C1. The minimum absolute atomic E-state index is 0.00933. The number of piperidine rings is 1. The highest BCUT2D eigenvalue weighted by atomic mass is 16.3. The lowest BCUT2D eigenvalue weighted by Gasteiger charge is -2.32. The van der Waals surface area contributed by atoms with Crippen LogP contribution in [0.2, 0.25) is 0 Å². The van der Waals surface area contributed by atoms with Gasteiger partial charge in [0.1, 0.15) is 5.75 Å². The first-order valence-corrected chi connectivity index (χ1v) is 9.47. The van der Waals surface area contributed by atoms with E-state index in [1.807, 2.05) is 17.0 Å². The lowest BCUT2D eigenvalue weighted by Crippen LogP contribution is -2.46. The maximum Gasteiger partial charge on any atom is 0.226 e. The lowest BCUT2D eigenvalue weighted by molar-refractivity contribution is -0.136. The molecule has 0 bridgehead atoms. The highest BCUT2D eigenvalue weighted by Gasteiger charge is 2.46. The number of benzene rings is 1. The van der Waals surface area contributed by atoms with Crippen molar-refractivity contribution in [3.63, 3.8) is 0 Å². The van der Waals surface area contributed by atoms with E-state index in [9.17, 15) is 14.7 Å².